The summed E-state index contributed by atoms with van der Waals surface area (Å²) < 4.78 is 9.98. The highest BCUT2D eigenvalue weighted by Gasteiger charge is 2.46. The molecule has 3 rings (SSSR count). The molecule has 2 amide bonds. The summed E-state index contributed by atoms with van der Waals surface area (Å²) in [5, 5.41) is 0. The van der Waals surface area contributed by atoms with E-state index in [1.165, 1.54) is 7.11 Å². The molecule has 1 aromatic rings. The highest BCUT2D eigenvalue weighted by atomic mass is 16.5. The molecular weight excluding hydrogens is 348 g/mol. The fourth-order valence-corrected chi connectivity index (χ4v) is 4.14. The molecule has 1 aromatic carbocycles. The minimum Gasteiger partial charge on any atom is -0.497 e. The Morgan fingerprint density at radius 2 is 1.81 bits per heavy atom. The average molecular weight is 374 g/mol. The molecular formula is C20H26N2O5. The van der Waals surface area contributed by atoms with Crippen LogP contribution in [0.5, 0.6) is 5.75 Å². The Kier molecular flexibility index (Phi) is 5.39. The highest BCUT2D eigenvalue weighted by Crippen LogP contribution is 2.48. The maximum Gasteiger partial charge on any atom is 0.306 e. The van der Waals surface area contributed by atoms with E-state index in [1.54, 1.807) is 14.0 Å². The average Bonchev–Trinajstić information content (AvgIpc) is 3.00. The number of benzene rings is 1. The van der Waals surface area contributed by atoms with E-state index in [-0.39, 0.29) is 36.0 Å². The summed E-state index contributed by atoms with van der Waals surface area (Å²) in [5.41, 5.74) is 1.90. The second-order valence-electron chi connectivity index (χ2n) is 7.23. The van der Waals surface area contributed by atoms with Gasteiger partial charge in [-0.15, -0.1) is 0 Å². The van der Waals surface area contributed by atoms with Crippen molar-refractivity contribution in [2.24, 2.45) is 0 Å². The molecule has 0 N–H and O–H groups in total. The smallest absolute Gasteiger partial charge is 0.306 e. The maximum absolute atomic E-state index is 12.4. The standard InChI is InChI=1S/C20H26N2O5/c1-14(23)22-13-20(16-12-15(26-2)4-5-17(16)22)8-10-21(11-9-20)18(24)6-7-19(25)27-3/h4-5,12H,6-11,13H2,1-3H3. The molecule has 0 saturated carbocycles. The van der Waals surface area contributed by atoms with Crippen LogP contribution >= 0.6 is 0 Å². The molecule has 7 heteroatoms. The second kappa shape index (κ2) is 7.58. The van der Waals surface area contributed by atoms with Gasteiger partial charge in [-0.25, -0.2) is 0 Å². The van der Waals surface area contributed by atoms with E-state index in [0.29, 0.717) is 19.6 Å². The van der Waals surface area contributed by atoms with Gasteiger partial charge in [0.1, 0.15) is 5.75 Å². The van der Waals surface area contributed by atoms with Gasteiger partial charge in [0, 0.05) is 44.1 Å². The largest absolute Gasteiger partial charge is 0.497 e. The van der Waals surface area contributed by atoms with Crippen LogP contribution in [0.25, 0.3) is 0 Å². The van der Waals surface area contributed by atoms with Crippen LogP contribution in [0, 0.1) is 0 Å². The molecule has 0 aromatic heterocycles. The molecule has 1 fully saturated rings. The van der Waals surface area contributed by atoms with Crippen molar-refractivity contribution in [1.29, 1.82) is 0 Å². The van der Waals surface area contributed by atoms with Crippen molar-refractivity contribution >= 4 is 23.5 Å². The number of hydrogen-bond acceptors (Lipinski definition) is 5. The fraction of sp³-hybridized carbons (Fsp3) is 0.550. The Bertz CT molecular complexity index is 753. The number of nitrogens with zero attached hydrogens (tertiary/aromatic N) is 2. The summed E-state index contributed by atoms with van der Waals surface area (Å²) in [6.45, 7) is 3.44. The lowest BCUT2D eigenvalue weighted by Crippen LogP contribution is -2.47. The molecule has 0 radical (unpaired) electrons. The summed E-state index contributed by atoms with van der Waals surface area (Å²) >= 11 is 0. The van der Waals surface area contributed by atoms with Gasteiger partial charge in [0.25, 0.3) is 0 Å². The Hall–Kier alpha value is -2.57. The van der Waals surface area contributed by atoms with E-state index in [0.717, 1.165) is 29.8 Å². The van der Waals surface area contributed by atoms with Crippen LogP contribution < -0.4 is 9.64 Å². The molecule has 2 heterocycles. The van der Waals surface area contributed by atoms with Crippen molar-refractivity contribution in [2.45, 2.75) is 38.0 Å². The summed E-state index contributed by atoms with van der Waals surface area (Å²) in [4.78, 5) is 39.4. The van der Waals surface area contributed by atoms with Gasteiger partial charge in [-0.3, -0.25) is 14.4 Å². The van der Waals surface area contributed by atoms with Gasteiger partial charge in [0.15, 0.2) is 0 Å². The van der Waals surface area contributed by atoms with Crippen molar-refractivity contribution in [3.05, 3.63) is 23.8 Å². The van der Waals surface area contributed by atoms with Crippen molar-refractivity contribution in [3.8, 4) is 5.75 Å². The Morgan fingerprint density at radius 3 is 2.41 bits per heavy atom. The predicted molar refractivity (Wildman–Crippen MR) is 99.8 cm³/mol. The van der Waals surface area contributed by atoms with Crippen molar-refractivity contribution in [2.75, 3.05) is 38.8 Å². The molecule has 1 spiro atoms. The Balaban J connectivity index is 1.75. The van der Waals surface area contributed by atoms with Gasteiger partial charge in [0.2, 0.25) is 11.8 Å². The zero-order chi connectivity index (χ0) is 19.6. The van der Waals surface area contributed by atoms with E-state index in [2.05, 4.69) is 4.74 Å². The van der Waals surface area contributed by atoms with Crippen LogP contribution in [0.4, 0.5) is 5.69 Å². The summed E-state index contributed by atoms with van der Waals surface area (Å²) in [6, 6.07) is 5.84. The number of methoxy groups -OCH3 is 2. The third-order valence-electron chi connectivity index (χ3n) is 5.75. The lowest BCUT2D eigenvalue weighted by molar-refractivity contribution is -0.144. The maximum atomic E-state index is 12.4. The molecule has 0 bridgehead atoms. The van der Waals surface area contributed by atoms with Crippen molar-refractivity contribution in [3.63, 3.8) is 0 Å². The van der Waals surface area contributed by atoms with Gasteiger partial charge in [-0.1, -0.05) is 0 Å². The van der Waals surface area contributed by atoms with Gasteiger partial charge >= 0.3 is 5.97 Å². The van der Waals surface area contributed by atoms with Gasteiger partial charge in [-0.2, -0.15) is 0 Å². The minimum absolute atomic E-state index is 0.0230. The first-order valence-corrected chi connectivity index (χ1v) is 9.21. The van der Waals surface area contributed by atoms with E-state index >= 15 is 0 Å². The van der Waals surface area contributed by atoms with E-state index in [4.69, 9.17) is 4.74 Å². The zero-order valence-corrected chi connectivity index (χ0v) is 16.1. The number of esters is 1. The Morgan fingerprint density at radius 1 is 1.11 bits per heavy atom. The molecule has 2 aliphatic rings. The number of anilines is 1. The first kappa shape index (κ1) is 19.2. The quantitative estimate of drug-likeness (QED) is 0.752. The summed E-state index contributed by atoms with van der Waals surface area (Å²) in [5.74, 6) is 0.401. The monoisotopic (exact) mass is 374 g/mol. The molecule has 0 aliphatic carbocycles. The third kappa shape index (κ3) is 3.63. The summed E-state index contributed by atoms with van der Waals surface area (Å²) in [6.07, 6.45) is 1.83. The predicted octanol–water partition coefficient (Wildman–Crippen LogP) is 1.88. The first-order valence-electron chi connectivity index (χ1n) is 9.21. The molecule has 27 heavy (non-hydrogen) atoms. The lowest BCUT2D eigenvalue weighted by atomic mass is 9.74. The van der Waals surface area contributed by atoms with Gasteiger partial charge < -0.3 is 19.3 Å². The number of rotatable bonds is 4. The fourth-order valence-electron chi connectivity index (χ4n) is 4.14. The number of hydrogen-bond donors (Lipinski definition) is 0. The van der Waals surface area contributed by atoms with Crippen LogP contribution in [0.1, 0.15) is 38.2 Å². The molecule has 2 aliphatic heterocycles. The van der Waals surface area contributed by atoms with Crippen LogP contribution in [0.15, 0.2) is 18.2 Å². The SMILES string of the molecule is COC(=O)CCC(=O)N1CCC2(CC1)CN(C(C)=O)c1ccc(OC)cc12. The number of carbonyl (C=O) groups is 3. The first-order chi connectivity index (χ1) is 12.9. The van der Waals surface area contributed by atoms with Crippen LogP contribution in [0.3, 0.4) is 0 Å². The lowest BCUT2D eigenvalue weighted by Gasteiger charge is -2.40. The molecule has 0 atom stereocenters. The third-order valence-corrected chi connectivity index (χ3v) is 5.75. The molecule has 7 nitrogen and oxygen atoms in total. The van der Waals surface area contributed by atoms with Gasteiger partial charge in [0.05, 0.1) is 20.6 Å². The topological polar surface area (TPSA) is 76.2 Å². The second-order valence-corrected chi connectivity index (χ2v) is 7.23. The van der Waals surface area contributed by atoms with Gasteiger partial charge in [-0.05, 0) is 36.6 Å². The molecule has 1 saturated heterocycles. The van der Waals surface area contributed by atoms with Crippen LogP contribution in [-0.2, 0) is 24.5 Å². The Labute approximate surface area is 159 Å². The van der Waals surface area contributed by atoms with Crippen LogP contribution in [0.2, 0.25) is 0 Å². The summed E-state index contributed by atoms with van der Waals surface area (Å²) in [7, 11) is 2.96. The number of ether oxygens (including phenoxy) is 2. The van der Waals surface area contributed by atoms with E-state index in [1.807, 2.05) is 28.0 Å². The van der Waals surface area contributed by atoms with Crippen molar-refractivity contribution < 1.29 is 23.9 Å². The number of likely N-dealkylation sites (tertiary alicyclic amines) is 1. The van der Waals surface area contributed by atoms with E-state index < -0.39 is 0 Å². The molecule has 146 valence electrons. The number of carbonyl (C=O) groups excluding carboxylic acids is 3. The zero-order valence-electron chi connectivity index (χ0n) is 16.1. The minimum atomic E-state index is -0.370. The molecule has 0 unspecified atom stereocenters. The normalized spacial score (nSPS) is 17.6. The number of fused-ring (bicyclic) bond motifs is 2. The van der Waals surface area contributed by atoms with Crippen molar-refractivity contribution in [1.82, 2.24) is 4.90 Å². The van der Waals surface area contributed by atoms with E-state index in [9.17, 15) is 14.4 Å². The van der Waals surface area contributed by atoms with Crippen LogP contribution in [-0.4, -0.2) is 56.5 Å². The number of amides is 2. The highest BCUT2D eigenvalue weighted by molar-refractivity contribution is 5.95. The number of piperidine rings is 1.